The van der Waals surface area contributed by atoms with E-state index < -0.39 is 0 Å². The van der Waals surface area contributed by atoms with Gasteiger partial charge in [-0.05, 0) is 30.3 Å². The zero-order valence-corrected chi connectivity index (χ0v) is 12.5. The van der Waals surface area contributed by atoms with E-state index in [2.05, 4.69) is 5.32 Å². The number of carbonyl (C=O) groups excluding carboxylic acids is 1. The second-order valence-corrected chi connectivity index (χ2v) is 5.48. The molecule has 0 aromatic heterocycles. The predicted molar refractivity (Wildman–Crippen MR) is 83.8 cm³/mol. The van der Waals surface area contributed by atoms with E-state index in [0.29, 0.717) is 22.2 Å². The maximum absolute atomic E-state index is 11.9. The van der Waals surface area contributed by atoms with Crippen molar-refractivity contribution in [2.45, 2.75) is 4.90 Å². The monoisotopic (exact) mass is 307 g/mol. The van der Waals surface area contributed by atoms with E-state index in [1.54, 1.807) is 25.3 Å². The summed E-state index contributed by atoms with van der Waals surface area (Å²) < 4.78 is 5.19. The van der Waals surface area contributed by atoms with Crippen LogP contribution in [0.25, 0.3) is 0 Å². The van der Waals surface area contributed by atoms with Gasteiger partial charge in [-0.3, -0.25) is 4.79 Å². The van der Waals surface area contributed by atoms with E-state index in [-0.39, 0.29) is 5.91 Å². The molecule has 3 nitrogen and oxygen atoms in total. The highest BCUT2D eigenvalue weighted by molar-refractivity contribution is 8.00. The Labute approximate surface area is 127 Å². The molecule has 20 heavy (non-hydrogen) atoms. The number of halogens is 1. The second-order valence-electron chi connectivity index (χ2n) is 3.99. The van der Waals surface area contributed by atoms with Gasteiger partial charge in [0.1, 0.15) is 5.75 Å². The van der Waals surface area contributed by atoms with Crippen LogP contribution in [0.1, 0.15) is 0 Å². The van der Waals surface area contributed by atoms with Gasteiger partial charge in [0.05, 0.1) is 18.6 Å². The molecule has 5 heteroatoms. The highest BCUT2D eigenvalue weighted by Crippen LogP contribution is 2.25. The third-order valence-corrected chi connectivity index (χ3v) is 3.78. The lowest BCUT2D eigenvalue weighted by Crippen LogP contribution is -2.14. The molecule has 0 fully saturated rings. The number of para-hydroxylation sites is 2. The summed E-state index contributed by atoms with van der Waals surface area (Å²) in [6.45, 7) is 0. The van der Waals surface area contributed by atoms with E-state index in [9.17, 15) is 4.79 Å². The van der Waals surface area contributed by atoms with Crippen LogP contribution in [0.5, 0.6) is 5.75 Å². The molecule has 104 valence electrons. The number of ether oxygens (including phenoxy) is 1. The molecule has 0 atom stereocenters. The Morgan fingerprint density at radius 2 is 2.05 bits per heavy atom. The molecule has 2 aromatic carbocycles. The van der Waals surface area contributed by atoms with Crippen LogP contribution >= 0.6 is 23.4 Å². The summed E-state index contributed by atoms with van der Waals surface area (Å²) in [4.78, 5) is 12.9. The average molecular weight is 308 g/mol. The first-order valence-corrected chi connectivity index (χ1v) is 7.36. The summed E-state index contributed by atoms with van der Waals surface area (Å²) in [5, 5.41) is 3.50. The van der Waals surface area contributed by atoms with Crippen molar-refractivity contribution < 1.29 is 9.53 Å². The highest BCUT2D eigenvalue weighted by Gasteiger charge is 2.07. The van der Waals surface area contributed by atoms with Crippen molar-refractivity contribution >= 4 is 35.0 Å². The van der Waals surface area contributed by atoms with Crippen molar-refractivity contribution in [3.63, 3.8) is 0 Å². The fraction of sp³-hybridized carbons (Fsp3) is 0.133. The summed E-state index contributed by atoms with van der Waals surface area (Å²) in [5.41, 5.74) is 0.673. The van der Waals surface area contributed by atoms with Crippen LogP contribution in [0.3, 0.4) is 0 Å². The first kappa shape index (κ1) is 14.8. The molecule has 0 aliphatic carbocycles. The molecule has 1 N–H and O–H groups in total. The third-order valence-electron chi connectivity index (χ3n) is 2.55. The number of methoxy groups -OCH3 is 1. The molecule has 0 spiro atoms. The maximum atomic E-state index is 11.9. The fourth-order valence-corrected chi connectivity index (χ4v) is 2.65. The van der Waals surface area contributed by atoms with Crippen LogP contribution in [0, 0.1) is 0 Å². The van der Waals surface area contributed by atoms with Gasteiger partial charge in [0.2, 0.25) is 5.91 Å². The first-order chi connectivity index (χ1) is 9.69. The van der Waals surface area contributed by atoms with E-state index in [1.807, 2.05) is 30.3 Å². The fourth-order valence-electron chi connectivity index (χ4n) is 1.64. The Kier molecular flexibility index (Phi) is 5.32. The van der Waals surface area contributed by atoms with Gasteiger partial charge in [-0.1, -0.05) is 29.8 Å². The van der Waals surface area contributed by atoms with Crippen LogP contribution in [0.2, 0.25) is 5.02 Å². The lowest BCUT2D eigenvalue weighted by molar-refractivity contribution is -0.113. The van der Waals surface area contributed by atoms with E-state index in [4.69, 9.17) is 16.3 Å². The van der Waals surface area contributed by atoms with Crippen molar-refractivity contribution in [2.24, 2.45) is 0 Å². The van der Waals surface area contributed by atoms with Crippen LogP contribution in [0.4, 0.5) is 5.69 Å². The lowest BCUT2D eigenvalue weighted by Gasteiger charge is -2.09. The zero-order chi connectivity index (χ0) is 14.4. The minimum absolute atomic E-state index is 0.0838. The summed E-state index contributed by atoms with van der Waals surface area (Å²) in [6, 6.07) is 14.7. The average Bonchev–Trinajstić information content (AvgIpc) is 2.46. The van der Waals surface area contributed by atoms with Crippen LogP contribution < -0.4 is 10.1 Å². The van der Waals surface area contributed by atoms with Gasteiger partial charge < -0.3 is 10.1 Å². The van der Waals surface area contributed by atoms with Crippen molar-refractivity contribution in [1.29, 1.82) is 0 Å². The molecule has 0 aliphatic heterocycles. The summed E-state index contributed by atoms with van der Waals surface area (Å²) >= 11 is 7.34. The zero-order valence-electron chi connectivity index (χ0n) is 10.9. The molecule has 0 saturated carbocycles. The quantitative estimate of drug-likeness (QED) is 0.846. The smallest absolute Gasteiger partial charge is 0.234 e. The van der Waals surface area contributed by atoms with Crippen molar-refractivity contribution in [1.82, 2.24) is 0 Å². The summed E-state index contributed by atoms with van der Waals surface area (Å²) in [5.74, 6) is 0.881. The first-order valence-electron chi connectivity index (χ1n) is 6.00. The number of benzene rings is 2. The number of hydrogen-bond donors (Lipinski definition) is 1. The van der Waals surface area contributed by atoms with Crippen LogP contribution in [-0.2, 0) is 4.79 Å². The molecule has 0 radical (unpaired) electrons. The summed E-state index contributed by atoms with van der Waals surface area (Å²) in [6.07, 6.45) is 0. The number of thioether (sulfide) groups is 1. The Bertz CT molecular complexity index is 604. The standard InChI is InChI=1S/C15H14ClNO2S/c1-19-14-8-3-2-7-13(14)17-15(18)10-20-12-6-4-5-11(16)9-12/h2-9H,10H2,1H3,(H,17,18). The molecule has 0 saturated heterocycles. The van der Waals surface area contributed by atoms with Crippen molar-refractivity contribution in [3.8, 4) is 5.75 Å². The van der Waals surface area contributed by atoms with Gasteiger partial charge in [0.15, 0.2) is 0 Å². The molecule has 0 unspecified atom stereocenters. The molecule has 0 aliphatic rings. The molecular weight excluding hydrogens is 294 g/mol. The Morgan fingerprint density at radius 3 is 2.80 bits per heavy atom. The predicted octanol–water partition coefficient (Wildman–Crippen LogP) is 4.08. The van der Waals surface area contributed by atoms with Crippen LogP contribution in [0.15, 0.2) is 53.4 Å². The molecular formula is C15H14ClNO2S. The van der Waals surface area contributed by atoms with Gasteiger partial charge in [0.25, 0.3) is 0 Å². The van der Waals surface area contributed by atoms with Gasteiger partial charge in [-0.2, -0.15) is 0 Å². The topological polar surface area (TPSA) is 38.3 Å². The molecule has 2 aromatic rings. The molecule has 2 rings (SSSR count). The van der Waals surface area contributed by atoms with Gasteiger partial charge in [-0.15, -0.1) is 11.8 Å². The number of anilines is 1. The largest absolute Gasteiger partial charge is 0.495 e. The van der Waals surface area contributed by atoms with Gasteiger partial charge >= 0.3 is 0 Å². The Morgan fingerprint density at radius 1 is 1.25 bits per heavy atom. The SMILES string of the molecule is COc1ccccc1NC(=O)CSc1cccc(Cl)c1. The van der Waals surface area contributed by atoms with Gasteiger partial charge in [0, 0.05) is 9.92 Å². The molecule has 1 amide bonds. The van der Waals surface area contributed by atoms with Crippen molar-refractivity contribution in [3.05, 3.63) is 53.6 Å². The van der Waals surface area contributed by atoms with Gasteiger partial charge in [-0.25, -0.2) is 0 Å². The van der Waals surface area contributed by atoms with Crippen molar-refractivity contribution in [2.75, 3.05) is 18.2 Å². The van der Waals surface area contributed by atoms with E-state index in [1.165, 1.54) is 11.8 Å². The Balaban J connectivity index is 1.93. The normalized spacial score (nSPS) is 10.1. The third kappa shape index (κ3) is 4.18. The highest BCUT2D eigenvalue weighted by atomic mass is 35.5. The number of amides is 1. The number of nitrogens with one attached hydrogen (secondary N) is 1. The lowest BCUT2D eigenvalue weighted by atomic mass is 10.3. The minimum atomic E-state index is -0.0838. The van der Waals surface area contributed by atoms with E-state index >= 15 is 0 Å². The number of rotatable bonds is 5. The minimum Gasteiger partial charge on any atom is -0.495 e. The number of carbonyl (C=O) groups is 1. The Hall–Kier alpha value is -1.65. The van der Waals surface area contributed by atoms with E-state index in [0.717, 1.165) is 4.90 Å². The van der Waals surface area contributed by atoms with Crippen LogP contribution in [-0.4, -0.2) is 18.8 Å². The molecule has 0 heterocycles. The summed E-state index contributed by atoms with van der Waals surface area (Å²) in [7, 11) is 1.58. The number of hydrogen-bond acceptors (Lipinski definition) is 3. The molecule has 0 bridgehead atoms. The second kappa shape index (κ2) is 7.22. The maximum Gasteiger partial charge on any atom is 0.234 e.